The van der Waals surface area contributed by atoms with Crippen LogP contribution in [0.2, 0.25) is 0 Å². The molecule has 0 spiro atoms. The number of rotatable bonds is 35. The molecule has 4 heterocycles. The van der Waals surface area contributed by atoms with E-state index in [-0.39, 0.29) is 30.6 Å². The lowest BCUT2D eigenvalue weighted by molar-refractivity contribution is -0.384. The molecule has 84 heavy (non-hydrogen) atoms. The van der Waals surface area contributed by atoms with Gasteiger partial charge in [0.1, 0.15) is 84.5 Å². The molecule has 0 bridgehead atoms. The Labute approximate surface area is 481 Å². The first-order valence-electron chi connectivity index (χ1n) is 28.1. The van der Waals surface area contributed by atoms with Crippen LogP contribution >= 0.6 is 0 Å². The SMILES string of the molecule is Cc1cc(=O)oc2cc(OC3OC(CO)C(OC4OC(CO)C(O)C(OC5(C(=O)O)CC(O)C(NC(=O)CNC(=O)CCC(NC(=O)CCCCCCCCCCCCCCC(=O)O)C(=O)O)C(C(O)C(O)CO)O5)C4O)C(O)C3O)ccc12. The van der Waals surface area contributed by atoms with Crippen LogP contribution in [0, 0.1) is 6.92 Å². The number of aliphatic hydroxyl groups excluding tert-OH is 10. The van der Waals surface area contributed by atoms with Crippen molar-refractivity contribution in [2.24, 2.45) is 0 Å². The fraction of sp³-hybridized carbons (Fsp3) is 0.722. The quantitative estimate of drug-likeness (QED) is 0.0246. The van der Waals surface area contributed by atoms with Crippen LogP contribution in [0.4, 0.5) is 0 Å². The van der Waals surface area contributed by atoms with Crippen molar-refractivity contribution in [2.75, 3.05) is 26.4 Å². The molecule has 3 fully saturated rings. The largest absolute Gasteiger partial charge is 0.481 e. The van der Waals surface area contributed by atoms with Gasteiger partial charge in [-0.3, -0.25) is 19.2 Å². The number of aliphatic carboxylic acids is 3. The van der Waals surface area contributed by atoms with Crippen molar-refractivity contribution in [2.45, 2.75) is 220 Å². The fourth-order valence-corrected chi connectivity index (χ4v) is 10.2. The van der Waals surface area contributed by atoms with E-state index in [1.54, 1.807) is 13.0 Å². The highest BCUT2D eigenvalue weighted by Gasteiger charge is 2.60. The molecule has 0 saturated carbocycles. The molecule has 1 aromatic heterocycles. The zero-order valence-electron chi connectivity index (χ0n) is 46.4. The predicted octanol–water partition coefficient (Wildman–Crippen LogP) is -2.73. The predicted molar refractivity (Wildman–Crippen MR) is 284 cm³/mol. The summed E-state index contributed by atoms with van der Waals surface area (Å²) in [5, 5.41) is 145. The van der Waals surface area contributed by atoms with Crippen molar-refractivity contribution in [1.82, 2.24) is 16.0 Å². The Morgan fingerprint density at radius 3 is 1.89 bits per heavy atom. The molecule has 3 aliphatic rings. The zero-order chi connectivity index (χ0) is 61.8. The average molecular weight is 1200 g/mol. The Morgan fingerprint density at radius 2 is 1.31 bits per heavy atom. The Bertz CT molecular complexity index is 2520. The summed E-state index contributed by atoms with van der Waals surface area (Å²) in [7, 11) is 0. The van der Waals surface area contributed by atoms with E-state index in [4.69, 9.17) is 37.9 Å². The van der Waals surface area contributed by atoms with Crippen LogP contribution in [0.3, 0.4) is 0 Å². The van der Waals surface area contributed by atoms with E-state index in [1.165, 1.54) is 18.2 Å². The van der Waals surface area contributed by atoms with Crippen molar-refractivity contribution in [1.29, 1.82) is 0 Å². The summed E-state index contributed by atoms with van der Waals surface area (Å²) in [6, 6.07) is 2.25. The molecule has 3 saturated heterocycles. The highest BCUT2D eigenvalue weighted by Crippen LogP contribution is 2.39. The summed E-state index contributed by atoms with van der Waals surface area (Å²) in [5.74, 6) is -10.1. The number of aryl methyl sites for hydroxylation is 1. The second-order valence-corrected chi connectivity index (χ2v) is 21.3. The Balaban J connectivity index is 1.14. The second kappa shape index (κ2) is 33.4. The van der Waals surface area contributed by atoms with Crippen molar-refractivity contribution >= 4 is 46.6 Å². The second-order valence-electron chi connectivity index (χ2n) is 21.3. The maximum absolute atomic E-state index is 13.3. The minimum atomic E-state index is -3.25. The number of carbonyl (C=O) groups excluding carboxylic acids is 3. The number of aliphatic hydroxyl groups is 10. The summed E-state index contributed by atoms with van der Waals surface area (Å²) < 4.78 is 39.4. The van der Waals surface area contributed by atoms with Gasteiger partial charge in [0.15, 0.2) is 6.29 Å². The highest BCUT2D eigenvalue weighted by atomic mass is 16.8. The van der Waals surface area contributed by atoms with Gasteiger partial charge in [-0.25, -0.2) is 14.4 Å². The van der Waals surface area contributed by atoms with E-state index in [1.807, 2.05) is 0 Å². The van der Waals surface area contributed by atoms with Gasteiger partial charge in [-0.2, -0.15) is 0 Å². The molecule has 30 nitrogen and oxygen atoms in total. The molecule has 0 aliphatic carbocycles. The van der Waals surface area contributed by atoms with Crippen LogP contribution in [-0.4, -0.2) is 232 Å². The highest BCUT2D eigenvalue weighted by molar-refractivity contribution is 5.87. The maximum Gasteiger partial charge on any atom is 0.364 e. The first-order chi connectivity index (χ1) is 39.9. The van der Waals surface area contributed by atoms with Crippen molar-refractivity contribution in [3.8, 4) is 5.75 Å². The van der Waals surface area contributed by atoms with E-state index in [0.717, 1.165) is 64.2 Å². The van der Waals surface area contributed by atoms with Gasteiger partial charge in [0, 0.05) is 43.2 Å². The Kier molecular flexibility index (Phi) is 27.5. The van der Waals surface area contributed by atoms with Crippen molar-refractivity contribution < 1.29 is 128 Å². The number of ether oxygens (including phenoxy) is 6. The molecule has 2 aromatic rings. The molecule has 474 valence electrons. The number of hydrogen-bond donors (Lipinski definition) is 16. The third kappa shape index (κ3) is 19.5. The van der Waals surface area contributed by atoms with Crippen LogP contribution < -0.4 is 26.3 Å². The van der Waals surface area contributed by atoms with Crippen LogP contribution in [0.5, 0.6) is 5.75 Å². The molecule has 30 heteroatoms. The lowest BCUT2D eigenvalue weighted by atomic mass is 9.88. The number of unbranched alkanes of at least 4 members (excludes halogenated alkanes) is 11. The van der Waals surface area contributed by atoms with Crippen molar-refractivity contribution in [3.63, 3.8) is 0 Å². The first kappa shape index (κ1) is 69.2. The van der Waals surface area contributed by atoms with Crippen LogP contribution in [0.25, 0.3) is 11.0 Å². The van der Waals surface area contributed by atoms with E-state index < -0.39 is 184 Å². The van der Waals surface area contributed by atoms with Crippen molar-refractivity contribution in [3.05, 3.63) is 40.2 Å². The van der Waals surface area contributed by atoms with E-state index in [0.29, 0.717) is 23.8 Å². The summed E-state index contributed by atoms with van der Waals surface area (Å²) in [6.07, 6.45) is -19.5. The summed E-state index contributed by atoms with van der Waals surface area (Å²) in [5.41, 5.74) is 0.0519. The molecule has 16 N–H and O–H groups in total. The standard InChI is InChI=1S/C54H81N3O27/c1-27-20-40(68)79-33-21-28(16-17-29(27)33)78-51-45(72)44(71)47(35(26-60)81-51)82-52-46(73)49(43(70)34(25-59)80-52)84-54(53(76)77)22-31(61)41(48(83-54)42(69)32(62)24-58)57-38(65)23-55-36(63)19-18-30(50(74)75)56-37(64)14-12-10-8-6-4-2-3-5-7-9-11-13-15-39(66)67/h16-17,20-21,30-32,34-35,41-49,51-52,58-62,69-73H,2-15,18-19,22-26H2,1H3,(H,55,63)(H,56,64)(H,57,65)(H,66,67)(H,74,75)(H,76,77). The van der Waals surface area contributed by atoms with Crippen LogP contribution in [-0.2, 0) is 52.5 Å². The van der Waals surface area contributed by atoms with Gasteiger partial charge in [-0.1, -0.05) is 64.2 Å². The van der Waals surface area contributed by atoms with Gasteiger partial charge >= 0.3 is 23.5 Å². The van der Waals surface area contributed by atoms with Crippen LogP contribution in [0.15, 0.2) is 33.5 Å². The molecular weight excluding hydrogens is 1120 g/mol. The maximum atomic E-state index is 13.3. The lowest BCUT2D eigenvalue weighted by Gasteiger charge is -2.50. The smallest absolute Gasteiger partial charge is 0.364 e. The number of amides is 3. The monoisotopic (exact) mass is 1200 g/mol. The number of hydrogen-bond acceptors (Lipinski definition) is 24. The molecule has 3 aliphatic heterocycles. The normalized spacial score (nSPS) is 29.1. The summed E-state index contributed by atoms with van der Waals surface area (Å²) in [4.78, 5) is 86.4. The van der Waals surface area contributed by atoms with Gasteiger partial charge in [0.25, 0.3) is 5.79 Å². The minimum absolute atomic E-state index is 0.00660. The molecule has 0 radical (unpaired) electrons. The summed E-state index contributed by atoms with van der Waals surface area (Å²) in [6.45, 7) is -2.41. The fourth-order valence-electron chi connectivity index (χ4n) is 10.2. The number of carbonyl (C=O) groups is 6. The Hall–Kier alpha value is -5.55. The summed E-state index contributed by atoms with van der Waals surface area (Å²) >= 11 is 0. The molecule has 17 atom stereocenters. The molecule has 1 aromatic carbocycles. The lowest BCUT2D eigenvalue weighted by Crippen LogP contribution is -2.71. The molecule has 5 rings (SSSR count). The third-order valence-electron chi connectivity index (χ3n) is 14.9. The van der Waals surface area contributed by atoms with Crippen LogP contribution in [0.1, 0.15) is 115 Å². The van der Waals surface area contributed by atoms with E-state index >= 15 is 0 Å². The van der Waals surface area contributed by atoms with E-state index in [2.05, 4.69) is 16.0 Å². The number of nitrogens with one attached hydrogen (secondary N) is 3. The third-order valence-corrected chi connectivity index (χ3v) is 14.9. The molecule has 3 amide bonds. The van der Waals surface area contributed by atoms with Gasteiger partial charge < -0.3 is 115 Å². The topological polar surface area (TPSA) is 487 Å². The number of carboxylic acid groups (broad SMARTS) is 3. The van der Waals surface area contributed by atoms with Gasteiger partial charge in [-0.05, 0) is 43.9 Å². The number of benzene rings is 1. The van der Waals surface area contributed by atoms with Gasteiger partial charge in [-0.15, -0.1) is 0 Å². The number of carboxylic acids is 3. The minimum Gasteiger partial charge on any atom is -0.481 e. The molecule has 17 unspecified atom stereocenters. The Morgan fingerprint density at radius 1 is 0.702 bits per heavy atom. The number of fused-ring (bicyclic) bond motifs is 1. The average Bonchev–Trinajstić information content (AvgIpc) is 1.69. The first-order valence-corrected chi connectivity index (χ1v) is 28.1. The zero-order valence-corrected chi connectivity index (χ0v) is 46.4. The van der Waals surface area contributed by atoms with E-state index in [9.17, 15) is 94.8 Å². The molecular formula is C54H81N3O27. The van der Waals surface area contributed by atoms with Gasteiger partial charge in [0.2, 0.25) is 24.0 Å². The van der Waals surface area contributed by atoms with Gasteiger partial charge in [0.05, 0.1) is 38.5 Å².